The lowest BCUT2D eigenvalue weighted by molar-refractivity contribution is 0.0955. The first-order valence-electron chi connectivity index (χ1n) is 5.29. The quantitative estimate of drug-likeness (QED) is 0.860. The van der Waals surface area contributed by atoms with Crippen LogP contribution in [0.25, 0.3) is 10.6 Å². The van der Waals surface area contributed by atoms with Gasteiger partial charge in [0, 0.05) is 35.8 Å². The van der Waals surface area contributed by atoms with E-state index in [-0.39, 0.29) is 5.91 Å². The number of nitrogens with zero attached hydrogens (tertiary/aromatic N) is 1. The maximum absolute atomic E-state index is 11.6. The van der Waals surface area contributed by atoms with Gasteiger partial charge in [-0.15, -0.1) is 11.3 Å². The van der Waals surface area contributed by atoms with E-state index in [1.807, 2.05) is 17.5 Å². The molecule has 1 heterocycles. The smallest absolute Gasteiger partial charge is 0.251 e. The Morgan fingerprint density at radius 1 is 1.35 bits per heavy atom. The predicted molar refractivity (Wildman–Crippen MR) is 68.9 cm³/mol. The first-order valence-corrected chi connectivity index (χ1v) is 6.17. The fourth-order valence-corrected chi connectivity index (χ4v) is 2.06. The molecule has 0 aliphatic rings. The van der Waals surface area contributed by atoms with Crippen molar-refractivity contribution in [3.8, 4) is 10.6 Å². The third-order valence-electron chi connectivity index (χ3n) is 2.26. The third-order valence-corrected chi connectivity index (χ3v) is 3.08. The van der Waals surface area contributed by atoms with E-state index in [4.69, 9.17) is 5.73 Å². The molecule has 0 bridgehead atoms. The van der Waals surface area contributed by atoms with Crippen molar-refractivity contribution >= 4 is 17.2 Å². The predicted octanol–water partition coefficient (Wildman–Crippen LogP) is 1.50. The van der Waals surface area contributed by atoms with E-state index in [0.29, 0.717) is 18.7 Å². The summed E-state index contributed by atoms with van der Waals surface area (Å²) in [4.78, 5) is 15.8. The van der Waals surface area contributed by atoms with Crippen LogP contribution in [0.3, 0.4) is 0 Å². The van der Waals surface area contributed by atoms with Gasteiger partial charge in [0.05, 0.1) is 0 Å². The molecule has 0 aliphatic carbocycles. The van der Waals surface area contributed by atoms with Crippen LogP contribution in [0.4, 0.5) is 0 Å². The van der Waals surface area contributed by atoms with Crippen LogP contribution in [-0.4, -0.2) is 24.0 Å². The van der Waals surface area contributed by atoms with E-state index in [0.717, 1.165) is 10.6 Å². The minimum atomic E-state index is -0.0962. The minimum absolute atomic E-state index is 0.0962. The van der Waals surface area contributed by atoms with Crippen LogP contribution in [0.2, 0.25) is 0 Å². The van der Waals surface area contributed by atoms with Crippen molar-refractivity contribution in [2.45, 2.75) is 0 Å². The standard InChI is InChI=1S/C12H13N3OS/c13-5-6-14-11(16)9-1-3-10(4-2-9)12-15-7-8-17-12/h1-4,7-8H,5-6,13H2,(H,14,16). The SMILES string of the molecule is NCCNC(=O)c1ccc(-c2nccs2)cc1. The van der Waals surface area contributed by atoms with Gasteiger partial charge in [0.2, 0.25) is 0 Å². The summed E-state index contributed by atoms with van der Waals surface area (Å²) in [6, 6.07) is 7.39. The number of benzene rings is 1. The summed E-state index contributed by atoms with van der Waals surface area (Å²) < 4.78 is 0. The summed E-state index contributed by atoms with van der Waals surface area (Å²) >= 11 is 1.58. The molecule has 0 spiro atoms. The van der Waals surface area contributed by atoms with Crippen LogP contribution in [0.5, 0.6) is 0 Å². The zero-order chi connectivity index (χ0) is 12.1. The molecule has 5 heteroatoms. The number of carbonyl (C=O) groups is 1. The Hall–Kier alpha value is -1.72. The van der Waals surface area contributed by atoms with Crippen LogP contribution < -0.4 is 11.1 Å². The zero-order valence-electron chi connectivity index (χ0n) is 9.22. The van der Waals surface area contributed by atoms with E-state index in [2.05, 4.69) is 10.3 Å². The normalized spacial score (nSPS) is 10.2. The Bertz CT molecular complexity index is 479. The van der Waals surface area contributed by atoms with E-state index >= 15 is 0 Å². The Balaban J connectivity index is 2.10. The highest BCUT2D eigenvalue weighted by molar-refractivity contribution is 7.13. The van der Waals surface area contributed by atoms with Crippen LogP contribution in [-0.2, 0) is 0 Å². The molecule has 0 aliphatic heterocycles. The summed E-state index contributed by atoms with van der Waals surface area (Å²) in [6.45, 7) is 0.940. The van der Waals surface area contributed by atoms with Gasteiger partial charge < -0.3 is 11.1 Å². The van der Waals surface area contributed by atoms with Crippen molar-refractivity contribution in [3.05, 3.63) is 41.4 Å². The highest BCUT2D eigenvalue weighted by Gasteiger charge is 2.05. The summed E-state index contributed by atoms with van der Waals surface area (Å²) in [7, 11) is 0. The van der Waals surface area contributed by atoms with Gasteiger partial charge in [-0.1, -0.05) is 12.1 Å². The summed E-state index contributed by atoms with van der Waals surface area (Å²) in [5, 5.41) is 5.61. The third kappa shape index (κ3) is 2.89. The molecule has 2 rings (SSSR count). The molecular weight excluding hydrogens is 234 g/mol. The van der Waals surface area contributed by atoms with Crippen molar-refractivity contribution in [3.63, 3.8) is 0 Å². The number of nitrogens with one attached hydrogen (secondary N) is 1. The molecule has 0 unspecified atom stereocenters. The highest BCUT2D eigenvalue weighted by atomic mass is 32.1. The lowest BCUT2D eigenvalue weighted by atomic mass is 10.1. The molecule has 0 radical (unpaired) electrons. The maximum Gasteiger partial charge on any atom is 0.251 e. The van der Waals surface area contributed by atoms with Gasteiger partial charge in [0.1, 0.15) is 5.01 Å². The van der Waals surface area contributed by atoms with Crippen molar-refractivity contribution in [2.75, 3.05) is 13.1 Å². The van der Waals surface area contributed by atoms with Crippen molar-refractivity contribution in [1.29, 1.82) is 0 Å². The minimum Gasteiger partial charge on any atom is -0.351 e. The fraction of sp³-hybridized carbons (Fsp3) is 0.167. The number of amides is 1. The van der Waals surface area contributed by atoms with Gasteiger partial charge in [-0.2, -0.15) is 0 Å². The van der Waals surface area contributed by atoms with Crippen LogP contribution in [0.15, 0.2) is 35.8 Å². The van der Waals surface area contributed by atoms with E-state index in [1.165, 1.54) is 0 Å². The largest absolute Gasteiger partial charge is 0.351 e. The molecule has 88 valence electrons. The number of aromatic nitrogens is 1. The molecule has 0 fully saturated rings. The lowest BCUT2D eigenvalue weighted by Crippen LogP contribution is -2.28. The maximum atomic E-state index is 11.6. The summed E-state index contributed by atoms with van der Waals surface area (Å²) in [5.74, 6) is -0.0962. The number of rotatable bonds is 4. The van der Waals surface area contributed by atoms with E-state index in [1.54, 1.807) is 29.7 Å². The number of carbonyl (C=O) groups excluding carboxylic acids is 1. The van der Waals surface area contributed by atoms with E-state index in [9.17, 15) is 4.79 Å². The topological polar surface area (TPSA) is 68.0 Å². The fourth-order valence-electron chi connectivity index (χ4n) is 1.42. The van der Waals surface area contributed by atoms with Gasteiger partial charge in [-0.3, -0.25) is 4.79 Å². The Morgan fingerprint density at radius 2 is 2.12 bits per heavy atom. The second-order valence-corrected chi connectivity index (χ2v) is 4.35. The van der Waals surface area contributed by atoms with E-state index < -0.39 is 0 Å². The number of nitrogens with two attached hydrogens (primary N) is 1. The van der Waals surface area contributed by atoms with Gasteiger partial charge in [-0.25, -0.2) is 4.98 Å². The Kier molecular flexibility index (Phi) is 3.85. The van der Waals surface area contributed by atoms with Crippen LogP contribution in [0, 0.1) is 0 Å². The second-order valence-electron chi connectivity index (χ2n) is 3.46. The van der Waals surface area contributed by atoms with Gasteiger partial charge in [-0.05, 0) is 12.1 Å². The van der Waals surface area contributed by atoms with Crippen molar-refractivity contribution < 1.29 is 4.79 Å². The molecule has 1 amide bonds. The average Bonchev–Trinajstić information content (AvgIpc) is 2.90. The molecule has 0 saturated carbocycles. The first-order chi connectivity index (χ1) is 8.31. The molecule has 0 saturated heterocycles. The first kappa shape index (κ1) is 11.8. The molecule has 17 heavy (non-hydrogen) atoms. The Morgan fingerprint density at radius 3 is 2.71 bits per heavy atom. The summed E-state index contributed by atoms with van der Waals surface area (Å²) in [5.41, 5.74) is 6.98. The van der Waals surface area contributed by atoms with Crippen molar-refractivity contribution in [1.82, 2.24) is 10.3 Å². The molecule has 4 nitrogen and oxygen atoms in total. The monoisotopic (exact) mass is 247 g/mol. The molecule has 1 aromatic carbocycles. The highest BCUT2D eigenvalue weighted by Crippen LogP contribution is 2.21. The number of hydrogen-bond acceptors (Lipinski definition) is 4. The van der Waals surface area contributed by atoms with Gasteiger partial charge in [0.25, 0.3) is 5.91 Å². The summed E-state index contributed by atoms with van der Waals surface area (Å²) in [6.07, 6.45) is 1.77. The van der Waals surface area contributed by atoms with Gasteiger partial charge in [0.15, 0.2) is 0 Å². The second kappa shape index (κ2) is 5.56. The number of thiazole rings is 1. The van der Waals surface area contributed by atoms with Crippen molar-refractivity contribution in [2.24, 2.45) is 5.73 Å². The molecular formula is C12H13N3OS. The zero-order valence-corrected chi connectivity index (χ0v) is 10.0. The van der Waals surface area contributed by atoms with Gasteiger partial charge >= 0.3 is 0 Å². The lowest BCUT2D eigenvalue weighted by Gasteiger charge is -2.03. The molecule has 1 aromatic heterocycles. The van der Waals surface area contributed by atoms with Crippen LogP contribution in [0.1, 0.15) is 10.4 Å². The molecule has 0 atom stereocenters. The average molecular weight is 247 g/mol. The molecule has 3 N–H and O–H groups in total. The molecule has 2 aromatic rings. The van der Waals surface area contributed by atoms with Crippen LogP contribution >= 0.6 is 11.3 Å². The Labute approximate surface area is 103 Å². The number of hydrogen-bond donors (Lipinski definition) is 2.